The number of aryl methyl sites for hydroxylation is 1. The lowest BCUT2D eigenvalue weighted by Crippen LogP contribution is -2.38. The van der Waals surface area contributed by atoms with Gasteiger partial charge in [-0.15, -0.1) is 0 Å². The normalized spacial score (nSPS) is 20.5. The van der Waals surface area contributed by atoms with Gasteiger partial charge in [0, 0.05) is 31.9 Å². The van der Waals surface area contributed by atoms with Crippen LogP contribution in [-0.4, -0.2) is 40.9 Å². The molecule has 2 rings (SSSR count). The lowest BCUT2D eigenvalue weighted by Gasteiger charge is -2.29. The van der Waals surface area contributed by atoms with Crippen molar-refractivity contribution in [1.29, 1.82) is 0 Å². The van der Waals surface area contributed by atoms with Gasteiger partial charge in [0.15, 0.2) is 0 Å². The minimum Gasteiger partial charge on any atom is -0.316 e. The number of hydrogen-bond donors (Lipinski definition) is 1. The van der Waals surface area contributed by atoms with Gasteiger partial charge in [-0.25, -0.2) is 0 Å². The topological polar surface area (TPSA) is 33.1 Å². The zero-order valence-corrected chi connectivity index (χ0v) is 11.7. The minimum atomic E-state index is 0.821. The molecule has 1 N–H and O–H groups in total. The van der Waals surface area contributed by atoms with Crippen molar-refractivity contribution in [3.63, 3.8) is 0 Å². The third-order valence-electron chi connectivity index (χ3n) is 3.62. The van der Waals surface area contributed by atoms with E-state index in [0.717, 1.165) is 12.5 Å². The maximum atomic E-state index is 4.25. The fourth-order valence-electron chi connectivity index (χ4n) is 2.81. The Labute approximate surface area is 110 Å². The van der Waals surface area contributed by atoms with E-state index >= 15 is 0 Å². The summed E-state index contributed by atoms with van der Waals surface area (Å²) in [5.41, 5.74) is 1.33. The van der Waals surface area contributed by atoms with Crippen molar-refractivity contribution >= 4 is 0 Å². The third-order valence-corrected chi connectivity index (χ3v) is 3.62. The fourth-order valence-corrected chi connectivity index (χ4v) is 2.81. The van der Waals surface area contributed by atoms with Crippen molar-refractivity contribution < 1.29 is 0 Å². The zero-order valence-electron chi connectivity index (χ0n) is 11.7. The highest BCUT2D eigenvalue weighted by Crippen LogP contribution is 2.14. The number of rotatable bonds is 6. The zero-order chi connectivity index (χ0) is 12.8. The molecular formula is C14H26N4. The molecule has 0 bridgehead atoms. The minimum absolute atomic E-state index is 0.821. The van der Waals surface area contributed by atoms with Gasteiger partial charge in [-0.05, 0) is 44.8 Å². The highest BCUT2D eigenvalue weighted by atomic mass is 15.2. The second kappa shape index (κ2) is 6.90. The van der Waals surface area contributed by atoms with Gasteiger partial charge in [-0.1, -0.05) is 6.92 Å². The summed E-state index contributed by atoms with van der Waals surface area (Å²) < 4.78 is 1.89. The summed E-state index contributed by atoms with van der Waals surface area (Å²) in [5, 5.41) is 7.76. The standard InChI is InChI=1S/C14H26N4/c1-3-7-18(11-13-5-4-6-15-8-13)12-14-9-16-17(2)10-14/h9-10,13,15H,3-8,11-12H2,1-2H3. The Morgan fingerprint density at radius 1 is 1.56 bits per heavy atom. The molecule has 1 fully saturated rings. The van der Waals surface area contributed by atoms with Gasteiger partial charge >= 0.3 is 0 Å². The van der Waals surface area contributed by atoms with Crippen LogP contribution < -0.4 is 5.32 Å². The molecule has 0 aliphatic carbocycles. The Morgan fingerprint density at radius 2 is 2.44 bits per heavy atom. The summed E-state index contributed by atoms with van der Waals surface area (Å²) in [4.78, 5) is 2.58. The van der Waals surface area contributed by atoms with Crippen LogP contribution in [0.4, 0.5) is 0 Å². The van der Waals surface area contributed by atoms with Gasteiger partial charge in [0.05, 0.1) is 6.20 Å². The lowest BCUT2D eigenvalue weighted by molar-refractivity contribution is 0.201. The van der Waals surface area contributed by atoms with Crippen LogP contribution in [0.3, 0.4) is 0 Å². The van der Waals surface area contributed by atoms with Crippen LogP contribution in [0, 0.1) is 5.92 Å². The smallest absolute Gasteiger partial charge is 0.0534 e. The first-order valence-electron chi connectivity index (χ1n) is 7.18. The monoisotopic (exact) mass is 250 g/mol. The summed E-state index contributed by atoms with van der Waals surface area (Å²) in [6, 6.07) is 0. The molecule has 0 radical (unpaired) electrons. The molecule has 0 amide bonds. The summed E-state index contributed by atoms with van der Waals surface area (Å²) in [7, 11) is 1.98. The molecule has 1 saturated heterocycles. The van der Waals surface area contributed by atoms with E-state index in [0.29, 0.717) is 0 Å². The number of hydrogen-bond acceptors (Lipinski definition) is 3. The van der Waals surface area contributed by atoms with Gasteiger partial charge in [0.1, 0.15) is 0 Å². The Morgan fingerprint density at radius 3 is 3.06 bits per heavy atom. The molecule has 4 nitrogen and oxygen atoms in total. The van der Waals surface area contributed by atoms with Crippen LogP contribution >= 0.6 is 0 Å². The van der Waals surface area contributed by atoms with Gasteiger partial charge < -0.3 is 5.32 Å². The molecule has 4 heteroatoms. The molecular weight excluding hydrogens is 224 g/mol. The molecule has 0 aromatic carbocycles. The van der Waals surface area contributed by atoms with Crippen molar-refractivity contribution in [2.75, 3.05) is 26.2 Å². The van der Waals surface area contributed by atoms with Gasteiger partial charge in [0.2, 0.25) is 0 Å². The predicted octanol–water partition coefficient (Wildman–Crippen LogP) is 1.63. The van der Waals surface area contributed by atoms with E-state index in [2.05, 4.69) is 28.4 Å². The molecule has 0 spiro atoms. The van der Waals surface area contributed by atoms with E-state index < -0.39 is 0 Å². The van der Waals surface area contributed by atoms with E-state index in [4.69, 9.17) is 0 Å². The molecule has 1 aliphatic rings. The van der Waals surface area contributed by atoms with Crippen molar-refractivity contribution in [1.82, 2.24) is 20.0 Å². The highest BCUT2D eigenvalue weighted by molar-refractivity contribution is 5.03. The van der Waals surface area contributed by atoms with Crippen LogP contribution in [0.5, 0.6) is 0 Å². The van der Waals surface area contributed by atoms with Crippen LogP contribution in [0.1, 0.15) is 31.7 Å². The van der Waals surface area contributed by atoms with Crippen molar-refractivity contribution in [3.8, 4) is 0 Å². The molecule has 1 aromatic heterocycles. The number of nitrogens with zero attached hydrogens (tertiary/aromatic N) is 3. The fraction of sp³-hybridized carbons (Fsp3) is 0.786. The molecule has 2 heterocycles. The summed E-state index contributed by atoms with van der Waals surface area (Å²) in [5.74, 6) is 0.821. The molecule has 1 unspecified atom stereocenters. The molecule has 1 atom stereocenters. The van der Waals surface area contributed by atoms with Gasteiger partial charge in [0.25, 0.3) is 0 Å². The summed E-state index contributed by atoms with van der Waals surface area (Å²) in [6.07, 6.45) is 8.04. The van der Waals surface area contributed by atoms with E-state index in [1.54, 1.807) is 0 Å². The summed E-state index contributed by atoms with van der Waals surface area (Å²) >= 11 is 0. The van der Waals surface area contributed by atoms with Crippen LogP contribution in [0.25, 0.3) is 0 Å². The second-order valence-electron chi connectivity index (χ2n) is 5.47. The summed E-state index contributed by atoms with van der Waals surface area (Å²) in [6.45, 7) is 8.09. The van der Waals surface area contributed by atoms with Crippen LogP contribution in [0.2, 0.25) is 0 Å². The first kappa shape index (κ1) is 13.6. The first-order valence-corrected chi connectivity index (χ1v) is 7.18. The van der Waals surface area contributed by atoms with E-state index in [1.165, 1.54) is 51.0 Å². The number of nitrogens with one attached hydrogen (secondary N) is 1. The lowest BCUT2D eigenvalue weighted by atomic mass is 9.99. The Hall–Kier alpha value is -0.870. The maximum Gasteiger partial charge on any atom is 0.0534 e. The maximum absolute atomic E-state index is 4.25. The molecule has 0 saturated carbocycles. The van der Waals surface area contributed by atoms with Crippen LogP contribution in [0.15, 0.2) is 12.4 Å². The molecule has 18 heavy (non-hydrogen) atoms. The average molecular weight is 250 g/mol. The second-order valence-corrected chi connectivity index (χ2v) is 5.47. The Bertz CT molecular complexity index is 341. The van der Waals surface area contributed by atoms with Gasteiger partial charge in [-0.3, -0.25) is 9.58 Å². The highest BCUT2D eigenvalue weighted by Gasteiger charge is 2.17. The molecule has 1 aliphatic heterocycles. The number of piperidine rings is 1. The Kier molecular flexibility index (Phi) is 5.20. The molecule has 1 aromatic rings. The van der Waals surface area contributed by atoms with Crippen LogP contribution in [-0.2, 0) is 13.6 Å². The average Bonchev–Trinajstić information content (AvgIpc) is 2.76. The number of aromatic nitrogens is 2. The van der Waals surface area contributed by atoms with Crippen molar-refractivity contribution in [2.24, 2.45) is 13.0 Å². The van der Waals surface area contributed by atoms with E-state index in [1.807, 2.05) is 17.9 Å². The van der Waals surface area contributed by atoms with E-state index in [9.17, 15) is 0 Å². The van der Waals surface area contributed by atoms with Crippen molar-refractivity contribution in [3.05, 3.63) is 18.0 Å². The largest absolute Gasteiger partial charge is 0.316 e. The van der Waals surface area contributed by atoms with E-state index in [-0.39, 0.29) is 0 Å². The third kappa shape index (κ3) is 4.10. The molecule has 102 valence electrons. The quantitative estimate of drug-likeness (QED) is 0.833. The SMILES string of the molecule is CCCN(Cc1cnn(C)c1)CC1CCCNC1. The Balaban J connectivity index is 1.86. The predicted molar refractivity (Wildman–Crippen MR) is 74.4 cm³/mol. The van der Waals surface area contributed by atoms with Gasteiger partial charge in [-0.2, -0.15) is 5.10 Å². The first-order chi connectivity index (χ1) is 8.78. The van der Waals surface area contributed by atoms with Crippen molar-refractivity contribution in [2.45, 2.75) is 32.7 Å².